The van der Waals surface area contributed by atoms with Gasteiger partial charge in [0.1, 0.15) is 11.4 Å². The van der Waals surface area contributed by atoms with Gasteiger partial charge in [-0.05, 0) is 23.5 Å². The van der Waals surface area contributed by atoms with E-state index >= 15 is 0 Å². The van der Waals surface area contributed by atoms with E-state index in [0.717, 1.165) is 5.56 Å². The first-order chi connectivity index (χ1) is 11.0. The van der Waals surface area contributed by atoms with Gasteiger partial charge in [0.2, 0.25) is 11.8 Å². The van der Waals surface area contributed by atoms with Crippen LogP contribution in [0.25, 0.3) is 0 Å². The molecule has 0 saturated carbocycles. The van der Waals surface area contributed by atoms with E-state index in [1.807, 2.05) is 30.3 Å². The van der Waals surface area contributed by atoms with Crippen molar-refractivity contribution in [1.82, 2.24) is 10.2 Å². The first kappa shape index (κ1) is 15.6. The zero-order chi connectivity index (χ0) is 16.6. The number of carboxylic acids is 1. The molecule has 0 aliphatic carbocycles. The predicted molar refractivity (Wildman–Crippen MR) is 85.5 cm³/mol. The van der Waals surface area contributed by atoms with Crippen LogP contribution in [0.5, 0.6) is 0 Å². The summed E-state index contributed by atoms with van der Waals surface area (Å²) in [5, 5.41) is 13.4. The van der Waals surface area contributed by atoms with Crippen LogP contribution in [-0.2, 0) is 20.8 Å². The maximum absolute atomic E-state index is 12.3. The van der Waals surface area contributed by atoms with E-state index in [-0.39, 0.29) is 23.6 Å². The lowest BCUT2D eigenvalue weighted by atomic mass is 9.98. The summed E-state index contributed by atoms with van der Waals surface area (Å²) in [4.78, 5) is 37.0. The van der Waals surface area contributed by atoms with Gasteiger partial charge in [-0.25, -0.2) is 4.79 Å². The Morgan fingerprint density at radius 2 is 2.00 bits per heavy atom. The number of hydrogen-bond acceptors (Lipinski definition) is 4. The van der Waals surface area contributed by atoms with Crippen LogP contribution < -0.4 is 5.32 Å². The van der Waals surface area contributed by atoms with Gasteiger partial charge in [-0.2, -0.15) is 0 Å². The molecule has 0 aromatic heterocycles. The van der Waals surface area contributed by atoms with Crippen molar-refractivity contribution in [3.8, 4) is 0 Å². The van der Waals surface area contributed by atoms with Gasteiger partial charge in [0.05, 0.1) is 6.42 Å². The number of β-lactam (4-membered cyclic amide) rings is 1. The highest BCUT2D eigenvalue weighted by molar-refractivity contribution is 8.02. The van der Waals surface area contributed by atoms with Crippen molar-refractivity contribution >= 4 is 29.5 Å². The molecule has 2 aliphatic rings. The number of nitrogens with one attached hydrogen (secondary N) is 1. The third-order valence-corrected chi connectivity index (χ3v) is 5.23. The molecule has 1 aromatic carbocycles. The number of rotatable bonds is 4. The highest BCUT2D eigenvalue weighted by atomic mass is 32.2. The van der Waals surface area contributed by atoms with Crippen LogP contribution in [0.2, 0.25) is 0 Å². The summed E-state index contributed by atoms with van der Waals surface area (Å²) >= 11 is 1.37. The topological polar surface area (TPSA) is 86.7 Å². The Kier molecular flexibility index (Phi) is 4.12. The summed E-state index contributed by atoms with van der Waals surface area (Å²) in [5.74, 6) is -1.64. The summed E-state index contributed by atoms with van der Waals surface area (Å²) < 4.78 is 0. The Morgan fingerprint density at radius 1 is 1.30 bits per heavy atom. The molecular weight excluding hydrogens is 316 g/mol. The molecule has 1 saturated heterocycles. The van der Waals surface area contributed by atoms with Crippen LogP contribution in [0.15, 0.2) is 41.3 Å². The molecular formula is C16H16N2O4S. The van der Waals surface area contributed by atoms with E-state index in [2.05, 4.69) is 5.32 Å². The van der Waals surface area contributed by atoms with Crippen molar-refractivity contribution in [2.45, 2.75) is 30.8 Å². The Labute approximate surface area is 137 Å². The van der Waals surface area contributed by atoms with Crippen LogP contribution in [0, 0.1) is 0 Å². The third-order valence-electron chi connectivity index (χ3n) is 3.94. The number of thioether (sulfide) groups is 1. The van der Waals surface area contributed by atoms with E-state index in [1.165, 1.54) is 16.7 Å². The smallest absolute Gasteiger partial charge is 0.330 e. The number of aliphatic carboxylic acids is 1. The number of hydrogen-bond donors (Lipinski definition) is 2. The summed E-state index contributed by atoms with van der Waals surface area (Å²) in [5.41, 5.74) is 1.49. The molecule has 0 spiro atoms. The Balaban J connectivity index is 1.66. The van der Waals surface area contributed by atoms with E-state index < -0.39 is 18.1 Å². The minimum Gasteiger partial charge on any atom is -0.479 e. The summed E-state index contributed by atoms with van der Waals surface area (Å²) in [6.07, 6.45) is 0.194. The van der Waals surface area contributed by atoms with Crippen molar-refractivity contribution < 1.29 is 19.5 Å². The van der Waals surface area contributed by atoms with Crippen LogP contribution in [-0.4, -0.2) is 45.2 Å². The minimum absolute atomic E-state index is 0.194. The second-order valence-electron chi connectivity index (χ2n) is 5.58. The molecule has 2 N–H and O–H groups in total. The van der Waals surface area contributed by atoms with Gasteiger partial charge >= 0.3 is 5.97 Å². The van der Waals surface area contributed by atoms with Crippen molar-refractivity contribution in [1.29, 1.82) is 0 Å². The first-order valence-corrected chi connectivity index (χ1v) is 8.13. The standard InChI is InChI=1S/C16H16N2O4S/c1-9-8-23-15-12(14(20)18(15)13(9)16(21)22)17-11(19)7-10-5-3-2-4-6-10/h2-6,8,12-13,15H,7H2,1H3,(H,17,19)(H,21,22)/t12?,13?,15-/m1/s1. The molecule has 3 atom stereocenters. The van der Waals surface area contributed by atoms with Crippen LogP contribution in [0.3, 0.4) is 0 Å². The van der Waals surface area contributed by atoms with Gasteiger partial charge < -0.3 is 15.3 Å². The van der Waals surface area contributed by atoms with Crippen LogP contribution >= 0.6 is 11.8 Å². The Hall–Kier alpha value is -2.28. The lowest BCUT2D eigenvalue weighted by Gasteiger charge is -2.51. The van der Waals surface area contributed by atoms with Crippen LogP contribution in [0.1, 0.15) is 12.5 Å². The number of carbonyl (C=O) groups is 3. The molecule has 2 amide bonds. The fourth-order valence-electron chi connectivity index (χ4n) is 2.82. The fraction of sp³-hybridized carbons (Fsp3) is 0.312. The molecule has 0 bridgehead atoms. The van der Waals surface area contributed by atoms with E-state index in [9.17, 15) is 19.5 Å². The minimum atomic E-state index is -1.05. The van der Waals surface area contributed by atoms with Crippen molar-refractivity contribution in [2.75, 3.05) is 0 Å². The number of carboxylic acid groups (broad SMARTS) is 1. The summed E-state index contributed by atoms with van der Waals surface area (Å²) in [7, 11) is 0. The maximum atomic E-state index is 12.3. The van der Waals surface area contributed by atoms with Gasteiger partial charge in [-0.1, -0.05) is 30.3 Å². The average Bonchev–Trinajstić information content (AvgIpc) is 2.53. The molecule has 7 heteroatoms. The largest absolute Gasteiger partial charge is 0.479 e. The monoisotopic (exact) mass is 332 g/mol. The molecule has 1 aromatic rings. The second-order valence-corrected chi connectivity index (χ2v) is 6.57. The Bertz CT molecular complexity index is 689. The zero-order valence-corrected chi connectivity index (χ0v) is 13.2. The number of carbonyl (C=O) groups excluding carboxylic acids is 2. The number of nitrogens with zero attached hydrogens (tertiary/aromatic N) is 1. The highest BCUT2D eigenvalue weighted by Crippen LogP contribution is 2.39. The van der Waals surface area contributed by atoms with Crippen LogP contribution in [0.4, 0.5) is 0 Å². The van der Waals surface area contributed by atoms with Gasteiger partial charge in [0.25, 0.3) is 0 Å². The molecule has 6 nitrogen and oxygen atoms in total. The molecule has 120 valence electrons. The van der Waals surface area contributed by atoms with Gasteiger partial charge in [-0.15, -0.1) is 11.8 Å². The molecule has 23 heavy (non-hydrogen) atoms. The quantitative estimate of drug-likeness (QED) is 0.803. The molecule has 2 unspecified atom stereocenters. The maximum Gasteiger partial charge on any atom is 0.330 e. The second kappa shape index (κ2) is 6.08. The van der Waals surface area contributed by atoms with Gasteiger partial charge in [0, 0.05) is 0 Å². The summed E-state index contributed by atoms with van der Waals surface area (Å²) in [6, 6.07) is 7.65. The van der Waals surface area contributed by atoms with E-state index in [1.54, 1.807) is 12.3 Å². The first-order valence-electron chi connectivity index (χ1n) is 7.19. The zero-order valence-electron chi connectivity index (χ0n) is 12.4. The molecule has 2 heterocycles. The molecule has 2 aliphatic heterocycles. The normalized spacial score (nSPS) is 26.0. The lowest BCUT2D eigenvalue weighted by Crippen LogP contribution is -2.73. The third kappa shape index (κ3) is 2.84. The summed E-state index contributed by atoms with van der Waals surface area (Å²) in [6.45, 7) is 1.69. The highest BCUT2D eigenvalue weighted by Gasteiger charge is 2.55. The number of amides is 2. The van der Waals surface area contributed by atoms with Gasteiger partial charge in [0.15, 0.2) is 6.04 Å². The van der Waals surface area contributed by atoms with Crippen molar-refractivity contribution in [3.63, 3.8) is 0 Å². The SMILES string of the molecule is CC1=CS[C@@H]2C(NC(=O)Cc3ccccc3)C(=O)N2C1C(=O)O. The molecule has 0 radical (unpaired) electrons. The van der Waals surface area contributed by atoms with Crippen molar-refractivity contribution in [3.05, 3.63) is 46.9 Å². The lowest BCUT2D eigenvalue weighted by molar-refractivity contribution is -0.160. The molecule has 1 fully saturated rings. The fourth-order valence-corrected chi connectivity index (χ4v) is 4.00. The average molecular weight is 332 g/mol. The Morgan fingerprint density at radius 3 is 2.65 bits per heavy atom. The predicted octanol–water partition coefficient (Wildman–Crippen LogP) is 0.986. The number of fused-ring (bicyclic) bond motifs is 1. The molecule has 3 rings (SSSR count). The van der Waals surface area contributed by atoms with Gasteiger partial charge in [-0.3, -0.25) is 9.59 Å². The van der Waals surface area contributed by atoms with E-state index in [0.29, 0.717) is 5.57 Å². The van der Waals surface area contributed by atoms with Crippen molar-refractivity contribution in [2.24, 2.45) is 0 Å². The number of benzene rings is 1. The van der Waals surface area contributed by atoms with E-state index in [4.69, 9.17) is 0 Å².